The van der Waals surface area contributed by atoms with Crippen LogP contribution in [-0.4, -0.2) is 45.9 Å². The quantitative estimate of drug-likeness (QED) is 0.891. The second-order valence-corrected chi connectivity index (χ2v) is 10.6. The number of H-pyrrole nitrogens is 1. The standard InChI is InChI=1S/C15H19F2N3OS/c1-8-12(16)13(17)10-6-11(20-14(10)18-8)15(21)19-9-4-5-22(2,3)7-9/h6,9H,4-5,7H2,1-3H3,(H,18,20)(H,19,21). The summed E-state index contributed by atoms with van der Waals surface area (Å²) in [7, 11) is -0.613. The number of halogens is 2. The first-order valence-electron chi connectivity index (χ1n) is 7.11. The number of carbonyl (C=O) groups is 1. The Morgan fingerprint density at radius 3 is 2.77 bits per heavy atom. The smallest absolute Gasteiger partial charge is 0.268 e. The maximum absolute atomic E-state index is 13.9. The first kappa shape index (κ1) is 15.3. The minimum absolute atomic E-state index is 0.00521. The van der Waals surface area contributed by atoms with Gasteiger partial charge in [0.15, 0.2) is 11.6 Å². The van der Waals surface area contributed by atoms with Gasteiger partial charge in [-0.1, -0.05) is 0 Å². The second kappa shape index (κ2) is 5.22. The van der Waals surface area contributed by atoms with Crippen LogP contribution in [0.5, 0.6) is 0 Å². The van der Waals surface area contributed by atoms with Gasteiger partial charge in [0.1, 0.15) is 11.3 Å². The molecule has 2 N–H and O–H groups in total. The summed E-state index contributed by atoms with van der Waals surface area (Å²) in [6, 6.07) is 1.47. The molecule has 0 aliphatic carbocycles. The maximum Gasteiger partial charge on any atom is 0.268 e. The molecule has 4 nitrogen and oxygen atoms in total. The Morgan fingerprint density at radius 1 is 1.41 bits per heavy atom. The van der Waals surface area contributed by atoms with Gasteiger partial charge in [0.05, 0.1) is 11.1 Å². The van der Waals surface area contributed by atoms with Gasteiger partial charge in [-0.25, -0.2) is 23.8 Å². The van der Waals surface area contributed by atoms with Gasteiger partial charge in [-0.15, -0.1) is 0 Å². The molecule has 22 heavy (non-hydrogen) atoms. The van der Waals surface area contributed by atoms with E-state index in [0.717, 1.165) is 17.9 Å². The number of nitrogens with one attached hydrogen (secondary N) is 2. The van der Waals surface area contributed by atoms with Crippen LogP contribution in [0.2, 0.25) is 0 Å². The highest BCUT2D eigenvalue weighted by atomic mass is 32.3. The number of aromatic amines is 1. The van der Waals surface area contributed by atoms with Crippen LogP contribution in [-0.2, 0) is 0 Å². The fraction of sp³-hybridized carbons (Fsp3) is 0.467. The van der Waals surface area contributed by atoms with E-state index in [0.29, 0.717) is 0 Å². The molecular formula is C15H19F2N3OS. The summed E-state index contributed by atoms with van der Waals surface area (Å²) in [5, 5.41) is 2.97. The van der Waals surface area contributed by atoms with E-state index >= 15 is 0 Å². The molecule has 1 aliphatic heterocycles. The Morgan fingerprint density at radius 2 is 2.14 bits per heavy atom. The summed E-state index contributed by atoms with van der Waals surface area (Å²) in [6.07, 6.45) is 5.48. The van der Waals surface area contributed by atoms with Gasteiger partial charge in [0.25, 0.3) is 5.91 Å². The molecule has 7 heteroatoms. The molecule has 0 bridgehead atoms. The number of pyridine rings is 1. The van der Waals surface area contributed by atoms with E-state index in [4.69, 9.17) is 0 Å². The molecule has 1 aliphatic rings. The van der Waals surface area contributed by atoms with Crippen molar-refractivity contribution >= 4 is 27.0 Å². The minimum atomic E-state index is -0.973. The van der Waals surface area contributed by atoms with Crippen LogP contribution in [0.4, 0.5) is 8.78 Å². The zero-order valence-electron chi connectivity index (χ0n) is 12.8. The van der Waals surface area contributed by atoms with Crippen LogP contribution in [0.15, 0.2) is 6.07 Å². The number of aromatic nitrogens is 2. The number of hydrogen-bond acceptors (Lipinski definition) is 2. The molecule has 1 fully saturated rings. The lowest BCUT2D eigenvalue weighted by molar-refractivity contribution is 0.0937. The van der Waals surface area contributed by atoms with E-state index in [1.54, 1.807) is 0 Å². The fourth-order valence-electron chi connectivity index (χ4n) is 2.86. The van der Waals surface area contributed by atoms with Gasteiger partial charge < -0.3 is 10.3 Å². The van der Waals surface area contributed by atoms with Crippen molar-refractivity contribution in [2.24, 2.45) is 0 Å². The van der Waals surface area contributed by atoms with E-state index in [9.17, 15) is 13.6 Å². The predicted octanol–water partition coefficient (Wildman–Crippen LogP) is 2.72. The summed E-state index contributed by atoms with van der Waals surface area (Å²) < 4.78 is 27.4. The summed E-state index contributed by atoms with van der Waals surface area (Å²) in [6.45, 7) is 1.39. The Bertz CT molecular complexity index is 757. The number of nitrogens with zero attached hydrogens (tertiary/aromatic N) is 1. The predicted molar refractivity (Wildman–Crippen MR) is 85.8 cm³/mol. The first-order valence-corrected chi connectivity index (χ1v) is 9.89. The van der Waals surface area contributed by atoms with Gasteiger partial charge in [0.2, 0.25) is 0 Å². The lowest BCUT2D eigenvalue weighted by Gasteiger charge is -2.24. The highest BCUT2D eigenvalue weighted by Gasteiger charge is 2.28. The number of carbonyl (C=O) groups excluding carboxylic acids is 1. The molecule has 3 heterocycles. The normalized spacial score (nSPS) is 22.0. The largest absolute Gasteiger partial charge is 0.347 e. The van der Waals surface area contributed by atoms with E-state index < -0.39 is 21.7 Å². The van der Waals surface area contributed by atoms with Crippen molar-refractivity contribution in [1.29, 1.82) is 0 Å². The highest BCUT2D eigenvalue weighted by Crippen LogP contribution is 2.46. The molecule has 0 aromatic carbocycles. The molecular weight excluding hydrogens is 308 g/mol. The zero-order chi connectivity index (χ0) is 16.1. The average molecular weight is 327 g/mol. The Balaban J connectivity index is 1.84. The van der Waals surface area contributed by atoms with Crippen molar-refractivity contribution in [1.82, 2.24) is 15.3 Å². The minimum Gasteiger partial charge on any atom is -0.347 e. The van der Waals surface area contributed by atoms with E-state index in [1.165, 1.54) is 13.0 Å². The molecule has 1 atom stereocenters. The number of hydrogen-bond donors (Lipinski definition) is 2. The molecule has 120 valence electrons. The molecule has 0 spiro atoms. The third-order valence-electron chi connectivity index (χ3n) is 4.07. The summed E-state index contributed by atoms with van der Waals surface area (Å²) >= 11 is 0. The fourth-order valence-corrected chi connectivity index (χ4v) is 5.29. The van der Waals surface area contributed by atoms with Crippen molar-refractivity contribution in [3.05, 3.63) is 29.1 Å². The third kappa shape index (κ3) is 2.69. The third-order valence-corrected chi connectivity index (χ3v) is 6.72. The van der Waals surface area contributed by atoms with Gasteiger partial charge in [-0.05, 0) is 43.4 Å². The zero-order valence-corrected chi connectivity index (χ0v) is 13.6. The lowest BCUT2D eigenvalue weighted by Crippen LogP contribution is -2.35. The van der Waals surface area contributed by atoms with Crippen molar-refractivity contribution in [2.45, 2.75) is 19.4 Å². The molecule has 2 aromatic heterocycles. The van der Waals surface area contributed by atoms with E-state index in [2.05, 4.69) is 27.8 Å². The van der Waals surface area contributed by atoms with Crippen molar-refractivity contribution in [3.63, 3.8) is 0 Å². The number of aryl methyl sites for hydroxylation is 1. The number of fused-ring (bicyclic) bond motifs is 1. The molecule has 1 amide bonds. The SMILES string of the molecule is Cc1nc2[nH]c(C(=O)NC3CCS(C)(C)C3)cc2c(F)c1F. The maximum atomic E-state index is 13.9. The molecule has 3 rings (SSSR count). The molecule has 2 aromatic rings. The molecule has 1 saturated heterocycles. The van der Waals surface area contributed by atoms with Crippen molar-refractivity contribution in [2.75, 3.05) is 24.0 Å². The van der Waals surface area contributed by atoms with Gasteiger partial charge in [0, 0.05) is 6.04 Å². The average Bonchev–Trinajstić information content (AvgIpc) is 3.00. The first-order chi connectivity index (χ1) is 10.3. The van der Waals surface area contributed by atoms with Gasteiger partial charge in [-0.2, -0.15) is 0 Å². The van der Waals surface area contributed by atoms with Crippen LogP contribution in [0.1, 0.15) is 22.6 Å². The highest BCUT2D eigenvalue weighted by molar-refractivity contribution is 8.32. The molecule has 0 radical (unpaired) electrons. The lowest BCUT2D eigenvalue weighted by atomic mass is 10.2. The summed E-state index contributed by atoms with van der Waals surface area (Å²) in [4.78, 5) is 19.0. The Labute approximate surface area is 129 Å². The van der Waals surface area contributed by atoms with Crippen molar-refractivity contribution < 1.29 is 13.6 Å². The van der Waals surface area contributed by atoms with Crippen LogP contribution in [0.3, 0.4) is 0 Å². The monoisotopic (exact) mass is 327 g/mol. The van der Waals surface area contributed by atoms with E-state index in [-0.39, 0.29) is 34.4 Å². The Kier molecular flexibility index (Phi) is 3.63. The van der Waals surface area contributed by atoms with Crippen molar-refractivity contribution in [3.8, 4) is 0 Å². The van der Waals surface area contributed by atoms with E-state index in [1.807, 2.05) is 0 Å². The second-order valence-electron chi connectivity index (χ2n) is 6.37. The van der Waals surface area contributed by atoms with Gasteiger partial charge >= 0.3 is 0 Å². The summed E-state index contributed by atoms with van der Waals surface area (Å²) in [5.74, 6) is -0.0914. The van der Waals surface area contributed by atoms with Crippen LogP contribution in [0, 0.1) is 18.6 Å². The topological polar surface area (TPSA) is 57.8 Å². The number of amides is 1. The molecule has 0 saturated carbocycles. The Hall–Kier alpha value is -1.63. The van der Waals surface area contributed by atoms with Crippen LogP contribution < -0.4 is 5.32 Å². The van der Waals surface area contributed by atoms with Crippen LogP contribution >= 0.6 is 10.0 Å². The summed E-state index contributed by atoms with van der Waals surface area (Å²) in [5.41, 5.74) is 0.380. The number of rotatable bonds is 2. The molecule has 1 unspecified atom stereocenters. The van der Waals surface area contributed by atoms with Gasteiger partial charge in [-0.3, -0.25) is 4.79 Å². The van der Waals surface area contributed by atoms with Crippen LogP contribution in [0.25, 0.3) is 11.0 Å².